The number of hydrogen-bond donors (Lipinski definition) is 0. The predicted molar refractivity (Wildman–Crippen MR) is 58.7 cm³/mol. The highest BCUT2D eigenvalue weighted by molar-refractivity contribution is 5.02. The number of rotatable bonds is 0. The van der Waals surface area contributed by atoms with Crippen molar-refractivity contribution in [3.8, 4) is 0 Å². The first kappa shape index (κ1) is 10.3. The van der Waals surface area contributed by atoms with Gasteiger partial charge in [0.05, 0.1) is 0 Å². The van der Waals surface area contributed by atoms with E-state index in [1.807, 2.05) is 6.08 Å². The van der Waals surface area contributed by atoms with Gasteiger partial charge in [-0.05, 0) is 37.8 Å². The Morgan fingerprint density at radius 3 is 2.31 bits per heavy atom. The molecule has 0 atom stereocenters. The normalized spacial score (nSPS) is 22.8. The zero-order valence-corrected chi connectivity index (χ0v) is 8.47. The zero-order valence-electron chi connectivity index (χ0n) is 8.47. The van der Waals surface area contributed by atoms with E-state index in [1.165, 1.54) is 51.4 Å². The zero-order chi connectivity index (χ0) is 9.19. The molecule has 1 aliphatic rings. The molecule has 0 nitrogen and oxygen atoms in total. The smallest absolute Gasteiger partial charge is 0.0206 e. The van der Waals surface area contributed by atoms with E-state index in [-0.39, 0.29) is 0 Å². The van der Waals surface area contributed by atoms with Gasteiger partial charge >= 0.3 is 0 Å². The van der Waals surface area contributed by atoms with E-state index in [0.29, 0.717) is 0 Å². The summed E-state index contributed by atoms with van der Waals surface area (Å²) in [6, 6.07) is 0. The highest BCUT2D eigenvalue weighted by Crippen LogP contribution is 2.09. The first-order chi connectivity index (χ1) is 6.50. The van der Waals surface area contributed by atoms with Crippen LogP contribution in [-0.4, -0.2) is 0 Å². The summed E-state index contributed by atoms with van der Waals surface area (Å²) in [5.41, 5.74) is 3.19. The minimum atomic E-state index is 1.20. The maximum absolute atomic E-state index is 3.19. The predicted octanol–water partition coefficient (Wildman–Crippen LogP) is 4.39. The van der Waals surface area contributed by atoms with E-state index in [2.05, 4.69) is 24.0 Å². The molecule has 0 radical (unpaired) electrons. The molecular formula is C13H20. The average Bonchev–Trinajstić information content (AvgIpc) is 2.18. The number of allylic oxidation sites excluding steroid dienone is 3. The van der Waals surface area contributed by atoms with Gasteiger partial charge in [-0.3, -0.25) is 0 Å². The summed E-state index contributed by atoms with van der Waals surface area (Å²) in [6.07, 6.45) is 19.3. The summed E-state index contributed by atoms with van der Waals surface area (Å²) in [5.74, 6) is 0. The summed E-state index contributed by atoms with van der Waals surface area (Å²) in [5, 5.41) is 0. The van der Waals surface area contributed by atoms with Gasteiger partial charge in [0.2, 0.25) is 0 Å². The topological polar surface area (TPSA) is 0 Å². The summed E-state index contributed by atoms with van der Waals surface area (Å²) >= 11 is 0. The molecule has 0 fully saturated rings. The van der Waals surface area contributed by atoms with Crippen LogP contribution in [0.2, 0.25) is 0 Å². The lowest BCUT2D eigenvalue weighted by Gasteiger charge is -1.98. The molecule has 0 heterocycles. The Morgan fingerprint density at radius 1 is 0.769 bits per heavy atom. The van der Waals surface area contributed by atoms with Crippen molar-refractivity contribution in [2.45, 2.75) is 51.4 Å². The lowest BCUT2D eigenvalue weighted by Crippen LogP contribution is -1.78. The van der Waals surface area contributed by atoms with Crippen LogP contribution in [0, 0.1) is 0 Å². The minimum absolute atomic E-state index is 1.20. The van der Waals surface area contributed by atoms with Gasteiger partial charge in [-0.2, -0.15) is 0 Å². The van der Waals surface area contributed by atoms with Gasteiger partial charge < -0.3 is 0 Å². The van der Waals surface area contributed by atoms with E-state index in [0.717, 1.165) is 0 Å². The molecule has 0 saturated carbocycles. The van der Waals surface area contributed by atoms with E-state index >= 15 is 0 Å². The van der Waals surface area contributed by atoms with E-state index in [1.54, 1.807) is 0 Å². The number of hydrogen-bond acceptors (Lipinski definition) is 0. The van der Waals surface area contributed by atoms with Crippen LogP contribution in [0.25, 0.3) is 0 Å². The van der Waals surface area contributed by atoms with Gasteiger partial charge in [-0.25, -0.2) is 0 Å². The average molecular weight is 176 g/mol. The van der Waals surface area contributed by atoms with Crippen molar-refractivity contribution in [2.75, 3.05) is 0 Å². The SMILES string of the molecule is C1=C/C=C/CCCCCCCCC=1. The van der Waals surface area contributed by atoms with Crippen molar-refractivity contribution in [1.82, 2.24) is 0 Å². The fourth-order valence-electron chi connectivity index (χ4n) is 1.59. The van der Waals surface area contributed by atoms with Crippen LogP contribution in [0.3, 0.4) is 0 Å². The molecule has 0 saturated heterocycles. The summed E-state index contributed by atoms with van der Waals surface area (Å²) in [7, 11) is 0. The van der Waals surface area contributed by atoms with Gasteiger partial charge in [-0.15, -0.1) is 5.73 Å². The van der Waals surface area contributed by atoms with Crippen molar-refractivity contribution in [2.24, 2.45) is 0 Å². The lowest BCUT2D eigenvalue weighted by molar-refractivity contribution is 0.600. The lowest BCUT2D eigenvalue weighted by atomic mass is 10.1. The van der Waals surface area contributed by atoms with Crippen molar-refractivity contribution in [3.05, 3.63) is 30.0 Å². The molecule has 0 aromatic carbocycles. The molecule has 0 aliphatic heterocycles. The van der Waals surface area contributed by atoms with Crippen LogP contribution in [0.4, 0.5) is 0 Å². The molecule has 0 aromatic rings. The fourth-order valence-corrected chi connectivity index (χ4v) is 1.59. The van der Waals surface area contributed by atoms with Crippen LogP contribution in [0.15, 0.2) is 30.0 Å². The molecule has 0 unspecified atom stereocenters. The first-order valence-corrected chi connectivity index (χ1v) is 5.56. The molecule has 13 heavy (non-hydrogen) atoms. The van der Waals surface area contributed by atoms with Gasteiger partial charge in [0.15, 0.2) is 0 Å². The first-order valence-electron chi connectivity index (χ1n) is 5.56. The molecule has 1 aliphatic carbocycles. The van der Waals surface area contributed by atoms with Crippen LogP contribution in [-0.2, 0) is 0 Å². The second-order valence-corrected chi connectivity index (χ2v) is 3.66. The Labute approximate surface area is 82.0 Å². The van der Waals surface area contributed by atoms with Gasteiger partial charge in [0.25, 0.3) is 0 Å². The summed E-state index contributed by atoms with van der Waals surface area (Å²) < 4.78 is 0. The Kier molecular flexibility index (Phi) is 6.27. The van der Waals surface area contributed by atoms with Crippen LogP contribution < -0.4 is 0 Å². The Balaban J connectivity index is 2.30. The monoisotopic (exact) mass is 176 g/mol. The molecule has 0 heteroatoms. The van der Waals surface area contributed by atoms with E-state index in [4.69, 9.17) is 0 Å². The maximum Gasteiger partial charge on any atom is -0.0206 e. The third-order valence-electron chi connectivity index (χ3n) is 2.42. The second kappa shape index (κ2) is 7.89. The highest BCUT2D eigenvalue weighted by Gasteiger charge is 1.89. The molecule has 1 rings (SSSR count). The summed E-state index contributed by atoms with van der Waals surface area (Å²) in [6.45, 7) is 0. The minimum Gasteiger partial charge on any atom is -0.125 e. The van der Waals surface area contributed by atoms with Crippen molar-refractivity contribution in [1.29, 1.82) is 0 Å². The van der Waals surface area contributed by atoms with E-state index < -0.39 is 0 Å². The molecule has 0 aromatic heterocycles. The van der Waals surface area contributed by atoms with Crippen LogP contribution >= 0.6 is 0 Å². The Morgan fingerprint density at radius 2 is 1.46 bits per heavy atom. The second-order valence-electron chi connectivity index (χ2n) is 3.66. The quantitative estimate of drug-likeness (QED) is 0.480. The third kappa shape index (κ3) is 6.42. The van der Waals surface area contributed by atoms with Crippen LogP contribution in [0.1, 0.15) is 51.4 Å². The molecule has 0 N–H and O–H groups in total. The highest BCUT2D eigenvalue weighted by atomic mass is 14.0. The molecule has 0 bridgehead atoms. The van der Waals surface area contributed by atoms with Crippen molar-refractivity contribution in [3.63, 3.8) is 0 Å². The molecule has 0 spiro atoms. The Bertz CT molecular complexity index is 192. The van der Waals surface area contributed by atoms with Crippen molar-refractivity contribution < 1.29 is 0 Å². The molecular weight excluding hydrogens is 156 g/mol. The van der Waals surface area contributed by atoms with E-state index in [9.17, 15) is 0 Å². The van der Waals surface area contributed by atoms with Crippen LogP contribution in [0.5, 0.6) is 0 Å². The fraction of sp³-hybridized carbons (Fsp3) is 0.615. The summed E-state index contributed by atoms with van der Waals surface area (Å²) in [4.78, 5) is 0. The molecule has 72 valence electrons. The van der Waals surface area contributed by atoms with Gasteiger partial charge in [-0.1, -0.05) is 37.8 Å². The standard InChI is InChI=1S/C13H20/c1-2-4-6-8-10-12-13-11-9-7-5-3-1/h1-3,7H,4,6,8-13H2/b2-1+. The largest absolute Gasteiger partial charge is 0.125 e. The van der Waals surface area contributed by atoms with Gasteiger partial charge in [0.1, 0.15) is 0 Å². The Hall–Kier alpha value is -0.740. The van der Waals surface area contributed by atoms with Crippen molar-refractivity contribution >= 4 is 0 Å². The molecule has 0 amide bonds. The maximum atomic E-state index is 3.19. The third-order valence-corrected chi connectivity index (χ3v) is 2.42. The van der Waals surface area contributed by atoms with Gasteiger partial charge in [0, 0.05) is 0 Å².